The highest BCUT2D eigenvalue weighted by Gasteiger charge is 2.22. The lowest BCUT2D eigenvalue weighted by Crippen LogP contribution is -2.18. The quantitative estimate of drug-likeness (QED) is 0.443. The van der Waals surface area contributed by atoms with Gasteiger partial charge in [-0.25, -0.2) is 4.39 Å². The molecule has 18 heavy (non-hydrogen) atoms. The van der Waals surface area contributed by atoms with Gasteiger partial charge in [0, 0.05) is 4.92 Å². The van der Waals surface area contributed by atoms with Crippen molar-refractivity contribution in [2.75, 3.05) is 13.2 Å². The molecule has 0 unspecified atom stereocenters. The van der Waals surface area contributed by atoms with E-state index in [1.165, 1.54) is 24.3 Å². The number of nitrogens with zero attached hydrogens (tertiary/aromatic N) is 1. The van der Waals surface area contributed by atoms with Crippen LogP contribution in [0.2, 0.25) is 0 Å². The lowest BCUT2D eigenvalue weighted by Gasteiger charge is -2.12. The normalized spacial score (nSPS) is 11.9. The molecule has 0 bridgehead atoms. The molecule has 5 nitrogen and oxygen atoms in total. The van der Waals surface area contributed by atoms with Crippen molar-refractivity contribution in [2.45, 2.75) is 19.3 Å². The maximum absolute atomic E-state index is 12.8. The van der Waals surface area contributed by atoms with Crippen LogP contribution >= 0.6 is 0 Å². The molecule has 1 rings (SSSR count). The van der Waals surface area contributed by atoms with Gasteiger partial charge in [0.25, 0.3) is 0 Å². The van der Waals surface area contributed by atoms with E-state index >= 15 is 0 Å². The Kier molecular flexibility index (Phi) is 5.23. The smallest absolute Gasteiger partial charge is 0.306 e. The van der Waals surface area contributed by atoms with Crippen LogP contribution in [-0.2, 0) is 9.53 Å². The Morgan fingerprint density at radius 3 is 2.56 bits per heavy atom. The Balaban J connectivity index is 2.80. The number of hydrogen-bond donors (Lipinski definition) is 0. The standard InChI is InChI=1S/C12H14FNO4/c1-2-18-12(15)7-10(8-14(16)17)9-3-5-11(13)6-4-9/h3-6,10H,2,7-8H2,1H3/t10-/m0/s1. The van der Waals surface area contributed by atoms with Gasteiger partial charge in [-0.05, 0) is 24.6 Å². The van der Waals surface area contributed by atoms with E-state index in [1.54, 1.807) is 6.92 Å². The molecular weight excluding hydrogens is 241 g/mol. The summed E-state index contributed by atoms with van der Waals surface area (Å²) in [6.45, 7) is 1.51. The summed E-state index contributed by atoms with van der Waals surface area (Å²) >= 11 is 0. The van der Waals surface area contributed by atoms with Crippen LogP contribution in [0.25, 0.3) is 0 Å². The van der Waals surface area contributed by atoms with Crippen LogP contribution in [-0.4, -0.2) is 24.0 Å². The van der Waals surface area contributed by atoms with E-state index in [2.05, 4.69) is 0 Å². The molecule has 0 heterocycles. The van der Waals surface area contributed by atoms with Crippen molar-refractivity contribution >= 4 is 5.97 Å². The minimum atomic E-state index is -0.598. The number of benzene rings is 1. The molecule has 1 atom stereocenters. The van der Waals surface area contributed by atoms with Crippen LogP contribution in [0, 0.1) is 15.9 Å². The van der Waals surface area contributed by atoms with E-state index < -0.39 is 22.6 Å². The van der Waals surface area contributed by atoms with Gasteiger partial charge < -0.3 is 4.74 Å². The molecule has 0 fully saturated rings. The average molecular weight is 255 g/mol. The maximum Gasteiger partial charge on any atom is 0.306 e. The fourth-order valence-electron chi connectivity index (χ4n) is 1.62. The molecule has 1 aromatic rings. The molecule has 0 saturated heterocycles. The molecule has 0 aliphatic heterocycles. The number of hydrogen-bond acceptors (Lipinski definition) is 4. The van der Waals surface area contributed by atoms with Gasteiger partial charge in [-0.15, -0.1) is 0 Å². The average Bonchev–Trinajstić information content (AvgIpc) is 2.28. The number of ether oxygens (including phenoxy) is 1. The summed E-state index contributed by atoms with van der Waals surface area (Å²) in [4.78, 5) is 21.4. The molecule has 0 aliphatic rings. The summed E-state index contributed by atoms with van der Waals surface area (Å²) < 4.78 is 17.5. The Morgan fingerprint density at radius 2 is 2.06 bits per heavy atom. The first-order valence-corrected chi connectivity index (χ1v) is 5.55. The summed E-state index contributed by atoms with van der Waals surface area (Å²) in [6.07, 6.45) is -0.0829. The van der Waals surface area contributed by atoms with Crippen LogP contribution in [0.4, 0.5) is 4.39 Å². The van der Waals surface area contributed by atoms with Crippen molar-refractivity contribution in [3.05, 3.63) is 45.8 Å². The number of nitro groups is 1. The summed E-state index contributed by atoms with van der Waals surface area (Å²) in [7, 11) is 0. The molecule has 0 radical (unpaired) electrons. The van der Waals surface area contributed by atoms with Crippen molar-refractivity contribution in [2.24, 2.45) is 0 Å². The van der Waals surface area contributed by atoms with Gasteiger partial charge >= 0.3 is 5.97 Å². The third-order valence-corrected chi connectivity index (χ3v) is 2.43. The van der Waals surface area contributed by atoms with Crippen molar-refractivity contribution in [1.29, 1.82) is 0 Å². The predicted molar refractivity (Wildman–Crippen MR) is 62.3 cm³/mol. The Bertz CT molecular complexity index is 419. The SMILES string of the molecule is CCOC(=O)C[C@@H](C[N+](=O)[O-])c1ccc(F)cc1. The maximum atomic E-state index is 12.8. The zero-order chi connectivity index (χ0) is 13.5. The van der Waals surface area contributed by atoms with E-state index in [1.807, 2.05) is 0 Å². The van der Waals surface area contributed by atoms with Crippen LogP contribution in [0.3, 0.4) is 0 Å². The van der Waals surface area contributed by atoms with Crippen molar-refractivity contribution in [1.82, 2.24) is 0 Å². The van der Waals surface area contributed by atoms with Gasteiger partial charge in [-0.1, -0.05) is 12.1 Å². The summed E-state index contributed by atoms with van der Waals surface area (Å²) in [6, 6.07) is 5.33. The Morgan fingerprint density at radius 1 is 1.44 bits per heavy atom. The molecule has 0 aromatic heterocycles. The van der Waals surface area contributed by atoms with Gasteiger partial charge in [0.05, 0.1) is 18.9 Å². The number of carbonyl (C=O) groups is 1. The minimum Gasteiger partial charge on any atom is -0.466 e. The van der Waals surface area contributed by atoms with Crippen molar-refractivity contribution in [3.8, 4) is 0 Å². The molecular formula is C12H14FNO4. The van der Waals surface area contributed by atoms with Crippen LogP contribution < -0.4 is 0 Å². The first-order valence-electron chi connectivity index (χ1n) is 5.55. The summed E-state index contributed by atoms with van der Waals surface area (Å²) in [5.41, 5.74) is 0.557. The van der Waals surface area contributed by atoms with Gasteiger partial charge in [0.15, 0.2) is 0 Å². The largest absolute Gasteiger partial charge is 0.466 e. The van der Waals surface area contributed by atoms with E-state index in [0.717, 1.165) is 0 Å². The molecule has 0 aliphatic carbocycles. The van der Waals surface area contributed by atoms with Crippen molar-refractivity contribution < 1.29 is 18.8 Å². The molecule has 0 N–H and O–H groups in total. The Labute approximate surface area is 104 Å². The highest BCUT2D eigenvalue weighted by Crippen LogP contribution is 2.21. The molecule has 1 aromatic carbocycles. The first-order chi connectivity index (χ1) is 8.52. The second kappa shape index (κ2) is 6.68. The van der Waals surface area contributed by atoms with Gasteiger partial charge in [-0.2, -0.15) is 0 Å². The van der Waals surface area contributed by atoms with Crippen LogP contribution in [0.5, 0.6) is 0 Å². The summed E-state index contributed by atoms with van der Waals surface area (Å²) in [5.74, 6) is -1.51. The Hall–Kier alpha value is -1.98. The van der Waals surface area contributed by atoms with Gasteiger partial charge in [0.1, 0.15) is 5.82 Å². The number of carbonyl (C=O) groups excluding carboxylic acids is 1. The molecule has 0 saturated carbocycles. The number of rotatable bonds is 6. The fraction of sp³-hybridized carbons (Fsp3) is 0.417. The lowest BCUT2D eigenvalue weighted by molar-refractivity contribution is -0.483. The molecule has 6 heteroatoms. The topological polar surface area (TPSA) is 69.4 Å². The van der Waals surface area contributed by atoms with E-state index in [4.69, 9.17) is 4.74 Å². The fourth-order valence-corrected chi connectivity index (χ4v) is 1.62. The monoisotopic (exact) mass is 255 g/mol. The highest BCUT2D eigenvalue weighted by molar-refractivity contribution is 5.70. The third-order valence-electron chi connectivity index (χ3n) is 2.43. The zero-order valence-corrected chi connectivity index (χ0v) is 9.97. The number of halogens is 1. The molecule has 0 amide bonds. The van der Waals surface area contributed by atoms with E-state index in [9.17, 15) is 19.3 Å². The lowest BCUT2D eigenvalue weighted by atomic mass is 9.96. The minimum absolute atomic E-state index is 0.0829. The second-order valence-electron chi connectivity index (χ2n) is 3.77. The second-order valence-corrected chi connectivity index (χ2v) is 3.77. The zero-order valence-electron chi connectivity index (χ0n) is 9.97. The number of esters is 1. The van der Waals surface area contributed by atoms with E-state index in [-0.39, 0.29) is 19.6 Å². The van der Waals surface area contributed by atoms with Crippen LogP contribution in [0.1, 0.15) is 24.8 Å². The van der Waals surface area contributed by atoms with Crippen molar-refractivity contribution in [3.63, 3.8) is 0 Å². The van der Waals surface area contributed by atoms with Gasteiger partial charge in [0.2, 0.25) is 6.54 Å². The molecule has 98 valence electrons. The highest BCUT2D eigenvalue weighted by atomic mass is 19.1. The van der Waals surface area contributed by atoms with Gasteiger partial charge in [-0.3, -0.25) is 14.9 Å². The summed E-state index contributed by atoms with van der Waals surface area (Å²) in [5, 5.41) is 10.6. The predicted octanol–water partition coefficient (Wildman–Crippen LogP) is 2.14. The van der Waals surface area contributed by atoms with E-state index in [0.29, 0.717) is 5.56 Å². The molecule has 0 spiro atoms. The first kappa shape index (κ1) is 14.1. The third kappa shape index (κ3) is 4.48. The van der Waals surface area contributed by atoms with Crippen LogP contribution in [0.15, 0.2) is 24.3 Å².